The van der Waals surface area contributed by atoms with E-state index in [1.54, 1.807) is 25.3 Å². The molecular weight excluding hydrogens is 490 g/mol. The molecule has 2 aromatic carbocycles. The lowest BCUT2D eigenvalue weighted by molar-refractivity contribution is -0.114. The van der Waals surface area contributed by atoms with E-state index < -0.39 is 5.82 Å². The molecule has 0 unspecified atom stereocenters. The average Bonchev–Trinajstić information content (AvgIpc) is 2.67. The molecule has 0 aliphatic carbocycles. The highest BCUT2D eigenvalue weighted by Crippen LogP contribution is 2.30. The number of ether oxygens (including phenoxy) is 2. The van der Waals surface area contributed by atoms with E-state index in [1.807, 2.05) is 19.9 Å². The highest BCUT2D eigenvalue weighted by Gasteiger charge is 2.08. The molecule has 2 aromatic rings. The molecule has 7 nitrogen and oxygen atoms in total. The number of rotatable bonds is 8. The second-order valence-electron chi connectivity index (χ2n) is 5.68. The molecule has 158 valence electrons. The summed E-state index contributed by atoms with van der Waals surface area (Å²) in [5.74, 6) is 0.900. The van der Waals surface area contributed by atoms with Gasteiger partial charge in [0, 0.05) is 24.0 Å². The van der Waals surface area contributed by atoms with Crippen LogP contribution < -0.4 is 25.4 Å². The summed E-state index contributed by atoms with van der Waals surface area (Å²) < 4.78 is 24.0. The van der Waals surface area contributed by atoms with Crippen LogP contribution in [0.5, 0.6) is 11.5 Å². The number of carbonyl (C=O) groups excluding carboxylic acids is 1. The zero-order valence-corrected chi connectivity index (χ0v) is 19.0. The Morgan fingerprint density at radius 2 is 1.83 bits per heavy atom. The van der Waals surface area contributed by atoms with Crippen LogP contribution in [0.3, 0.4) is 0 Å². The minimum absolute atomic E-state index is 0. The summed E-state index contributed by atoms with van der Waals surface area (Å²) in [4.78, 5) is 16.3. The molecule has 29 heavy (non-hydrogen) atoms. The second kappa shape index (κ2) is 12.8. The van der Waals surface area contributed by atoms with Crippen molar-refractivity contribution in [2.24, 2.45) is 4.99 Å². The van der Waals surface area contributed by atoms with Crippen LogP contribution in [0.4, 0.5) is 15.8 Å². The minimum atomic E-state index is -0.416. The molecular formula is C20H26FIN4O3. The molecule has 0 bridgehead atoms. The Hall–Kier alpha value is -2.56. The van der Waals surface area contributed by atoms with E-state index in [9.17, 15) is 9.18 Å². The van der Waals surface area contributed by atoms with Crippen molar-refractivity contribution in [2.45, 2.75) is 13.8 Å². The first-order valence-electron chi connectivity index (χ1n) is 8.97. The Kier molecular flexibility index (Phi) is 10.8. The van der Waals surface area contributed by atoms with Gasteiger partial charge in [0.1, 0.15) is 12.4 Å². The molecule has 0 radical (unpaired) electrons. The third kappa shape index (κ3) is 8.14. The van der Waals surface area contributed by atoms with Crippen molar-refractivity contribution < 1.29 is 18.7 Å². The van der Waals surface area contributed by atoms with Gasteiger partial charge in [0.25, 0.3) is 0 Å². The van der Waals surface area contributed by atoms with Crippen molar-refractivity contribution >= 4 is 47.2 Å². The van der Waals surface area contributed by atoms with E-state index >= 15 is 0 Å². The zero-order chi connectivity index (χ0) is 20.4. The lowest BCUT2D eigenvalue weighted by atomic mass is 10.2. The Labute approximate surface area is 187 Å². The van der Waals surface area contributed by atoms with Crippen LogP contribution >= 0.6 is 24.0 Å². The molecule has 9 heteroatoms. The summed E-state index contributed by atoms with van der Waals surface area (Å²) in [6.45, 7) is 4.81. The molecule has 0 aromatic heterocycles. The Bertz CT molecular complexity index is 833. The smallest absolute Gasteiger partial charge is 0.246 e. The van der Waals surface area contributed by atoms with Gasteiger partial charge in [-0.15, -0.1) is 24.0 Å². The van der Waals surface area contributed by atoms with E-state index in [0.717, 1.165) is 5.69 Å². The van der Waals surface area contributed by atoms with Gasteiger partial charge in [-0.2, -0.15) is 0 Å². The number of benzene rings is 2. The SMILES string of the molecule is CCNC(=NCC(=O)Nc1cccc(F)c1)Nc1ccc(OC)c(OCC)c1.I. The van der Waals surface area contributed by atoms with Crippen molar-refractivity contribution in [3.05, 3.63) is 48.3 Å². The summed E-state index contributed by atoms with van der Waals surface area (Å²) in [5.41, 5.74) is 1.11. The molecule has 0 fully saturated rings. The highest BCUT2D eigenvalue weighted by atomic mass is 127. The van der Waals surface area contributed by atoms with Crippen LogP contribution in [0.2, 0.25) is 0 Å². The van der Waals surface area contributed by atoms with Crippen LogP contribution in [-0.2, 0) is 4.79 Å². The Morgan fingerprint density at radius 1 is 1.07 bits per heavy atom. The lowest BCUT2D eigenvalue weighted by Gasteiger charge is -2.14. The number of methoxy groups -OCH3 is 1. The van der Waals surface area contributed by atoms with Crippen molar-refractivity contribution in [1.29, 1.82) is 0 Å². The van der Waals surface area contributed by atoms with E-state index in [0.29, 0.717) is 36.3 Å². The number of carbonyl (C=O) groups is 1. The fourth-order valence-electron chi connectivity index (χ4n) is 2.38. The van der Waals surface area contributed by atoms with Crippen molar-refractivity contribution in [3.63, 3.8) is 0 Å². The zero-order valence-electron chi connectivity index (χ0n) is 16.6. The average molecular weight is 516 g/mol. The van der Waals surface area contributed by atoms with E-state index in [1.165, 1.54) is 18.2 Å². The molecule has 3 N–H and O–H groups in total. The van der Waals surface area contributed by atoms with Gasteiger partial charge in [-0.05, 0) is 44.2 Å². The van der Waals surface area contributed by atoms with E-state index in [2.05, 4.69) is 20.9 Å². The van der Waals surface area contributed by atoms with Crippen LogP contribution in [-0.4, -0.2) is 38.7 Å². The fraction of sp³-hybridized carbons (Fsp3) is 0.300. The summed E-state index contributed by atoms with van der Waals surface area (Å²) in [6.07, 6.45) is 0. The molecule has 0 saturated carbocycles. The van der Waals surface area contributed by atoms with Crippen LogP contribution in [0.25, 0.3) is 0 Å². The number of aliphatic imine (C=N–C) groups is 1. The van der Waals surface area contributed by atoms with Gasteiger partial charge in [0.2, 0.25) is 5.91 Å². The largest absolute Gasteiger partial charge is 0.493 e. The van der Waals surface area contributed by atoms with Crippen LogP contribution in [0, 0.1) is 5.82 Å². The maximum atomic E-state index is 13.2. The van der Waals surface area contributed by atoms with Crippen molar-refractivity contribution in [3.8, 4) is 11.5 Å². The standard InChI is InChI=1S/C20H25FN4O3.HI/c1-4-22-20(23-13-19(26)24-15-8-6-7-14(21)11-15)25-16-9-10-17(27-3)18(12-16)28-5-2;/h6-12H,4-5,13H2,1-3H3,(H,24,26)(H2,22,23,25);1H. The summed E-state index contributed by atoms with van der Waals surface area (Å²) in [6, 6.07) is 11.1. The number of nitrogens with one attached hydrogen (secondary N) is 3. The Morgan fingerprint density at radius 3 is 2.48 bits per heavy atom. The number of halogens is 2. The van der Waals surface area contributed by atoms with Gasteiger partial charge < -0.3 is 25.4 Å². The Balaban J connectivity index is 0.00000420. The highest BCUT2D eigenvalue weighted by molar-refractivity contribution is 14.0. The predicted octanol–water partition coefficient (Wildman–Crippen LogP) is 3.87. The molecule has 2 rings (SSSR count). The second-order valence-corrected chi connectivity index (χ2v) is 5.68. The fourth-order valence-corrected chi connectivity index (χ4v) is 2.38. The first-order chi connectivity index (χ1) is 13.5. The number of hydrogen-bond acceptors (Lipinski definition) is 4. The van der Waals surface area contributed by atoms with Gasteiger partial charge in [0.05, 0.1) is 13.7 Å². The normalized spacial score (nSPS) is 10.6. The molecule has 0 aliphatic rings. The van der Waals surface area contributed by atoms with Gasteiger partial charge in [-0.25, -0.2) is 9.38 Å². The first kappa shape index (κ1) is 24.5. The summed E-state index contributed by atoms with van der Waals surface area (Å²) >= 11 is 0. The molecule has 1 amide bonds. The third-order valence-corrected chi connectivity index (χ3v) is 3.56. The monoisotopic (exact) mass is 516 g/mol. The molecule has 0 heterocycles. The number of amides is 1. The van der Waals surface area contributed by atoms with Crippen LogP contribution in [0.1, 0.15) is 13.8 Å². The molecule has 0 saturated heterocycles. The topological polar surface area (TPSA) is 84.0 Å². The van der Waals surface area contributed by atoms with Gasteiger partial charge in [-0.1, -0.05) is 6.07 Å². The number of anilines is 2. The molecule has 0 atom stereocenters. The van der Waals surface area contributed by atoms with Gasteiger partial charge in [0.15, 0.2) is 17.5 Å². The van der Waals surface area contributed by atoms with Crippen LogP contribution in [0.15, 0.2) is 47.5 Å². The molecule has 0 aliphatic heterocycles. The minimum Gasteiger partial charge on any atom is -0.493 e. The van der Waals surface area contributed by atoms with E-state index in [4.69, 9.17) is 9.47 Å². The maximum Gasteiger partial charge on any atom is 0.246 e. The number of hydrogen-bond donors (Lipinski definition) is 3. The van der Waals surface area contributed by atoms with Crippen molar-refractivity contribution in [1.82, 2.24) is 5.32 Å². The van der Waals surface area contributed by atoms with Gasteiger partial charge >= 0.3 is 0 Å². The number of nitrogens with zero attached hydrogens (tertiary/aromatic N) is 1. The summed E-state index contributed by atoms with van der Waals surface area (Å²) in [5, 5.41) is 8.79. The maximum absolute atomic E-state index is 13.2. The van der Waals surface area contributed by atoms with E-state index in [-0.39, 0.29) is 36.4 Å². The third-order valence-electron chi connectivity index (χ3n) is 3.56. The first-order valence-corrected chi connectivity index (χ1v) is 8.97. The predicted molar refractivity (Wildman–Crippen MR) is 124 cm³/mol. The van der Waals surface area contributed by atoms with Crippen molar-refractivity contribution in [2.75, 3.05) is 37.4 Å². The number of guanidine groups is 1. The molecule has 0 spiro atoms. The lowest BCUT2D eigenvalue weighted by Crippen LogP contribution is -2.31. The van der Waals surface area contributed by atoms with Gasteiger partial charge in [-0.3, -0.25) is 4.79 Å². The quantitative estimate of drug-likeness (QED) is 0.282. The summed E-state index contributed by atoms with van der Waals surface area (Å²) in [7, 11) is 1.58.